The molecule has 14 nitrogen and oxygen atoms in total. The van der Waals surface area contributed by atoms with E-state index in [1.54, 1.807) is 0 Å². The van der Waals surface area contributed by atoms with Gasteiger partial charge in [0.15, 0.2) is 12.1 Å². The zero-order valence-corrected chi connectivity index (χ0v) is 49.1. The number of sulfonamides is 2. The molecule has 8 rings (SSSR count). The largest absolute Gasteiger partial charge is 0.493 e. The SMILES string of the molecule is CCC(CC)COc1ccc(S(=O)(=O)N[C@@H](C(=O)N2C3CCC2CC(N)C3)C(F)(F)c2ccc(Br)cc2)cc1.CCC(CC)COc1ccc(S(=O)(=O)N[C@H](C(=O)N2C3CCC2CC(N)C3)C(F)(F)c2ccc(Br)cc2)cc1. The molecule has 4 aliphatic heterocycles. The summed E-state index contributed by atoms with van der Waals surface area (Å²) >= 11 is 6.46. The first-order chi connectivity index (χ1) is 36.9. The number of ether oxygens (including phenoxy) is 2. The number of fused-ring (bicyclic) bond motifs is 4. The smallest absolute Gasteiger partial charge is 0.298 e. The molecule has 4 unspecified atom stereocenters. The van der Waals surface area contributed by atoms with Crippen molar-refractivity contribution in [3.05, 3.63) is 117 Å². The summed E-state index contributed by atoms with van der Waals surface area (Å²) in [6, 6.07) is 15.6. The fourth-order valence-corrected chi connectivity index (χ4v) is 14.0. The molecule has 428 valence electrons. The van der Waals surface area contributed by atoms with Crippen LogP contribution in [-0.4, -0.2) is 100.0 Å². The normalized spacial score (nSPS) is 22.2. The molecule has 4 aromatic carbocycles. The van der Waals surface area contributed by atoms with E-state index in [1.165, 1.54) is 107 Å². The number of hydrogen-bond donors (Lipinski definition) is 4. The maximum absolute atomic E-state index is 16.0. The lowest BCUT2D eigenvalue weighted by Crippen LogP contribution is -2.60. The fourth-order valence-electron chi connectivity index (χ4n) is 11.0. The third-order valence-corrected chi connectivity index (χ3v) is 19.8. The van der Waals surface area contributed by atoms with E-state index in [9.17, 15) is 26.4 Å². The number of alkyl halides is 4. The maximum atomic E-state index is 16.0. The van der Waals surface area contributed by atoms with Crippen molar-refractivity contribution in [1.29, 1.82) is 0 Å². The third-order valence-electron chi connectivity index (χ3n) is 15.8. The monoisotopic (exact) mass is 1250 g/mol. The quantitative estimate of drug-likeness (QED) is 0.0548. The van der Waals surface area contributed by atoms with E-state index in [-0.39, 0.29) is 46.0 Å². The molecule has 0 radical (unpaired) electrons. The summed E-state index contributed by atoms with van der Waals surface area (Å²) in [5, 5.41) is 0. The van der Waals surface area contributed by atoms with Crippen LogP contribution in [0.15, 0.2) is 116 Å². The number of nitrogens with two attached hydrogens (primary N) is 2. The number of piperidine rings is 2. The zero-order chi connectivity index (χ0) is 56.7. The second-order valence-electron chi connectivity index (χ2n) is 21.0. The maximum Gasteiger partial charge on any atom is 0.298 e. The van der Waals surface area contributed by atoms with Crippen molar-refractivity contribution in [3.8, 4) is 11.5 Å². The minimum atomic E-state index is -4.49. The zero-order valence-electron chi connectivity index (χ0n) is 44.3. The van der Waals surface area contributed by atoms with Crippen molar-refractivity contribution in [2.45, 2.75) is 175 Å². The predicted molar refractivity (Wildman–Crippen MR) is 298 cm³/mol. The van der Waals surface area contributed by atoms with Gasteiger partial charge in [0.25, 0.3) is 11.8 Å². The average Bonchev–Trinajstić information content (AvgIpc) is 3.85. The average molecular weight is 1260 g/mol. The van der Waals surface area contributed by atoms with Crippen LogP contribution >= 0.6 is 31.9 Å². The molecule has 4 bridgehead atoms. The molecule has 2 amide bonds. The lowest BCUT2D eigenvalue weighted by molar-refractivity contribution is -0.150. The number of carbonyl (C=O) groups excluding carboxylic acids is 2. The molecule has 4 heterocycles. The van der Waals surface area contributed by atoms with Crippen molar-refractivity contribution < 1.29 is 53.5 Å². The van der Waals surface area contributed by atoms with Gasteiger partial charge in [-0.25, -0.2) is 16.8 Å². The highest BCUT2D eigenvalue weighted by Crippen LogP contribution is 2.42. The highest BCUT2D eigenvalue weighted by molar-refractivity contribution is 9.10. The Bertz CT molecular complexity index is 2650. The van der Waals surface area contributed by atoms with Crippen molar-refractivity contribution in [2.24, 2.45) is 23.3 Å². The Morgan fingerprint density at radius 3 is 1.09 bits per heavy atom. The molecule has 0 aliphatic carbocycles. The number of benzene rings is 4. The van der Waals surface area contributed by atoms with Gasteiger partial charge in [0.05, 0.1) is 23.0 Å². The molecule has 78 heavy (non-hydrogen) atoms. The number of nitrogens with zero attached hydrogens (tertiary/aromatic N) is 2. The van der Waals surface area contributed by atoms with E-state index in [0.29, 0.717) is 96.9 Å². The van der Waals surface area contributed by atoms with Crippen molar-refractivity contribution in [2.75, 3.05) is 13.2 Å². The van der Waals surface area contributed by atoms with Gasteiger partial charge in [-0.1, -0.05) is 110 Å². The summed E-state index contributed by atoms with van der Waals surface area (Å²) in [7, 11) is -8.98. The minimum absolute atomic E-state index is 0.112. The van der Waals surface area contributed by atoms with Gasteiger partial charge in [0, 0.05) is 56.3 Å². The number of rotatable bonds is 22. The van der Waals surface area contributed by atoms with Crippen LogP contribution < -0.4 is 30.4 Å². The second kappa shape index (κ2) is 26.2. The van der Waals surface area contributed by atoms with Gasteiger partial charge in [0.2, 0.25) is 31.9 Å². The first-order valence-electron chi connectivity index (χ1n) is 26.9. The predicted octanol–water partition coefficient (Wildman–Crippen LogP) is 10.4. The van der Waals surface area contributed by atoms with E-state index in [4.69, 9.17) is 20.9 Å². The van der Waals surface area contributed by atoms with Gasteiger partial charge in [-0.05, 0) is 136 Å². The molecule has 22 heteroatoms. The third kappa shape index (κ3) is 14.5. The van der Waals surface area contributed by atoms with Crippen LogP contribution in [0.1, 0.15) is 116 Å². The molecular weight excluding hydrogens is 1180 g/mol. The molecule has 6 atom stereocenters. The summed E-state index contributed by atoms with van der Waals surface area (Å²) in [4.78, 5) is 30.0. The highest BCUT2D eigenvalue weighted by atomic mass is 79.9. The number of hydrogen-bond acceptors (Lipinski definition) is 10. The van der Waals surface area contributed by atoms with Crippen molar-refractivity contribution in [1.82, 2.24) is 19.2 Å². The van der Waals surface area contributed by atoms with Crippen molar-refractivity contribution in [3.63, 3.8) is 0 Å². The van der Waals surface area contributed by atoms with Gasteiger partial charge in [0.1, 0.15) is 11.5 Å². The number of amides is 2. The van der Waals surface area contributed by atoms with Gasteiger partial charge in [-0.15, -0.1) is 0 Å². The Labute approximate surface area is 473 Å². The molecule has 4 fully saturated rings. The topological polar surface area (TPSA) is 203 Å². The summed E-state index contributed by atoms with van der Waals surface area (Å²) < 4.78 is 134. The standard InChI is InChI=1S/2C28H36BrF2N3O4S/c2*1-3-18(4-2)17-38-24-11-13-25(14-12-24)39(36,37)33-26(28(30,31)19-5-7-20(29)8-6-19)27(35)34-22-9-10-23(34)16-21(32)15-22/h2*5-8,11-14,18,21-23,26,33H,3-4,9-10,15-17,32H2,1-2H3/t2*21?,22?,23?,26-/m10/s1. The van der Waals surface area contributed by atoms with Crippen LogP contribution in [0.2, 0.25) is 0 Å². The van der Waals surface area contributed by atoms with Crippen LogP contribution in [0.25, 0.3) is 0 Å². The molecule has 0 aromatic heterocycles. The Morgan fingerprint density at radius 2 is 0.821 bits per heavy atom. The number of halogens is 6. The van der Waals surface area contributed by atoms with E-state index in [1.807, 2.05) is 0 Å². The molecule has 4 saturated heterocycles. The Morgan fingerprint density at radius 1 is 0.538 bits per heavy atom. The van der Waals surface area contributed by atoms with Crippen molar-refractivity contribution >= 4 is 63.7 Å². The minimum Gasteiger partial charge on any atom is -0.493 e. The summed E-state index contributed by atoms with van der Waals surface area (Å²) in [5.74, 6) is -7.79. The number of nitrogens with one attached hydrogen (secondary N) is 2. The number of carbonyl (C=O) groups is 2. The van der Waals surface area contributed by atoms with Gasteiger partial charge >= 0.3 is 0 Å². The van der Waals surface area contributed by atoms with E-state index < -0.39 is 66.9 Å². The molecule has 6 N–H and O–H groups in total. The van der Waals surface area contributed by atoms with Gasteiger partial charge in [-0.2, -0.15) is 27.0 Å². The van der Waals surface area contributed by atoms with E-state index in [2.05, 4.69) is 69.0 Å². The molecule has 4 aliphatic rings. The fraction of sp³-hybridized carbons (Fsp3) is 0.536. The summed E-state index contributed by atoms with van der Waals surface area (Å²) in [6.45, 7) is 9.29. The lowest BCUT2D eigenvalue weighted by atomic mass is 9.95. The highest BCUT2D eigenvalue weighted by Gasteiger charge is 2.55. The first-order valence-corrected chi connectivity index (χ1v) is 31.4. The van der Waals surface area contributed by atoms with Gasteiger partial charge < -0.3 is 30.7 Å². The molecular formula is C56H72Br2F4N6O8S2. The Balaban J connectivity index is 0.000000226. The first kappa shape index (κ1) is 61.5. The van der Waals surface area contributed by atoms with Gasteiger partial charge in [-0.3, -0.25) is 9.59 Å². The van der Waals surface area contributed by atoms with Crippen LogP contribution in [0.3, 0.4) is 0 Å². The molecule has 4 aromatic rings. The van der Waals surface area contributed by atoms with E-state index >= 15 is 17.6 Å². The molecule has 0 spiro atoms. The van der Waals surface area contributed by atoms with Crippen LogP contribution in [0.5, 0.6) is 11.5 Å². The Kier molecular flexibility index (Phi) is 20.6. The molecule has 0 saturated carbocycles. The second-order valence-corrected chi connectivity index (χ2v) is 26.3. The van der Waals surface area contributed by atoms with Crippen LogP contribution in [0.4, 0.5) is 17.6 Å². The van der Waals surface area contributed by atoms with Crippen LogP contribution in [-0.2, 0) is 41.5 Å². The lowest BCUT2D eigenvalue weighted by Gasteiger charge is -2.41. The van der Waals surface area contributed by atoms with E-state index in [0.717, 1.165) is 25.7 Å². The summed E-state index contributed by atoms with van der Waals surface area (Å²) in [6.07, 6.45) is 8.48. The van der Waals surface area contributed by atoms with Crippen LogP contribution in [0, 0.1) is 11.8 Å². The Hall–Kier alpha value is -4.16. The summed E-state index contributed by atoms with van der Waals surface area (Å²) in [5.41, 5.74) is 11.3.